The molecule has 0 radical (unpaired) electrons. The summed E-state index contributed by atoms with van der Waals surface area (Å²) in [4.78, 5) is 0. The number of hydrogen-bond donors (Lipinski definition) is 0. The highest BCUT2D eigenvalue weighted by atomic mass is 16.7. The molecule has 0 aromatic carbocycles. The molecule has 0 bridgehead atoms. The molecule has 0 aromatic rings. The van der Waals surface area contributed by atoms with E-state index in [9.17, 15) is 0 Å². The summed E-state index contributed by atoms with van der Waals surface area (Å²) < 4.78 is 12.6. The molecule has 0 atom stereocenters. The van der Waals surface area contributed by atoms with Crippen LogP contribution in [0.1, 0.15) is 92.9 Å². The second kappa shape index (κ2) is 12.5. The minimum Gasteiger partial charge on any atom is -0.350 e. The van der Waals surface area contributed by atoms with Crippen molar-refractivity contribution in [2.24, 2.45) is 11.8 Å². The van der Waals surface area contributed by atoms with Crippen molar-refractivity contribution in [2.45, 2.75) is 98.7 Å². The first-order valence-electron chi connectivity index (χ1n) is 9.23. The number of rotatable bonds is 14. The van der Waals surface area contributed by atoms with Gasteiger partial charge in [0.25, 0.3) is 0 Å². The molecule has 0 amide bonds. The van der Waals surface area contributed by atoms with Gasteiger partial charge in [-0.3, -0.25) is 0 Å². The molecular formula is C19H40O2. The lowest BCUT2D eigenvalue weighted by Gasteiger charge is -2.35. The normalized spacial score (nSPS) is 12.6. The predicted molar refractivity (Wildman–Crippen MR) is 92.6 cm³/mol. The van der Waals surface area contributed by atoms with Crippen molar-refractivity contribution in [1.29, 1.82) is 0 Å². The molecule has 2 nitrogen and oxygen atoms in total. The van der Waals surface area contributed by atoms with E-state index in [0.717, 1.165) is 26.1 Å². The van der Waals surface area contributed by atoms with Crippen LogP contribution in [0.2, 0.25) is 0 Å². The first-order chi connectivity index (χ1) is 9.95. The largest absolute Gasteiger partial charge is 0.350 e. The van der Waals surface area contributed by atoms with E-state index in [0.29, 0.717) is 11.8 Å². The third-order valence-electron chi connectivity index (χ3n) is 3.68. The van der Waals surface area contributed by atoms with Gasteiger partial charge in [-0.2, -0.15) is 0 Å². The van der Waals surface area contributed by atoms with E-state index in [1.165, 1.54) is 38.5 Å². The summed E-state index contributed by atoms with van der Waals surface area (Å²) in [5, 5.41) is 0. The summed E-state index contributed by atoms with van der Waals surface area (Å²) in [6.07, 6.45) is 9.54. The third kappa shape index (κ3) is 11.2. The van der Waals surface area contributed by atoms with Crippen LogP contribution in [0.25, 0.3) is 0 Å². The van der Waals surface area contributed by atoms with Crippen molar-refractivity contribution < 1.29 is 9.47 Å². The zero-order valence-corrected chi connectivity index (χ0v) is 15.5. The quantitative estimate of drug-likeness (QED) is 0.281. The highest BCUT2D eigenvalue weighted by Crippen LogP contribution is 2.29. The predicted octanol–water partition coefficient (Wildman–Crippen LogP) is 6.19. The van der Waals surface area contributed by atoms with Crippen LogP contribution in [0.5, 0.6) is 0 Å². The third-order valence-corrected chi connectivity index (χ3v) is 3.68. The van der Waals surface area contributed by atoms with Crippen LogP contribution in [0, 0.1) is 11.8 Å². The van der Waals surface area contributed by atoms with Crippen LogP contribution in [-0.2, 0) is 9.47 Å². The SMILES string of the molecule is CCCCCC(CCCCC)(OCC(C)C)OCC(C)C. The fraction of sp³-hybridized carbons (Fsp3) is 1.00. The average molecular weight is 301 g/mol. The molecule has 0 aliphatic rings. The summed E-state index contributed by atoms with van der Waals surface area (Å²) >= 11 is 0. The summed E-state index contributed by atoms with van der Waals surface area (Å²) in [6.45, 7) is 15.0. The van der Waals surface area contributed by atoms with Gasteiger partial charge in [0.2, 0.25) is 0 Å². The maximum atomic E-state index is 6.31. The van der Waals surface area contributed by atoms with Crippen LogP contribution in [0.4, 0.5) is 0 Å². The van der Waals surface area contributed by atoms with Gasteiger partial charge in [0.1, 0.15) is 0 Å². The molecule has 0 N–H and O–H groups in total. The van der Waals surface area contributed by atoms with Gasteiger partial charge in [-0.15, -0.1) is 0 Å². The maximum Gasteiger partial charge on any atom is 0.168 e. The minimum atomic E-state index is -0.334. The number of unbranched alkanes of at least 4 members (excludes halogenated alkanes) is 4. The zero-order valence-electron chi connectivity index (χ0n) is 15.5. The molecule has 0 heterocycles. The Morgan fingerprint density at radius 2 is 1.05 bits per heavy atom. The van der Waals surface area contributed by atoms with Gasteiger partial charge in [-0.05, 0) is 24.7 Å². The molecule has 0 unspecified atom stereocenters. The first-order valence-corrected chi connectivity index (χ1v) is 9.23. The Hall–Kier alpha value is -0.0800. The van der Waals surface area contributed by atoms with E-state index in [1.54, 1.807) is 0 Å². The smallest absolute Gasteiger partial charge is 0.168 e. The van der Waals surface area contributed by atoms with Gasteiger partial charge >= 0.3 is 0 Å². The average Bonchev–Trinajstić information content (AvgIpc) is 2.43. The van der Waals surface area contributed by atoms with Gasteiger partial charge in [-0.25, -0.2) is 0 Å². The minimum absolute atomic E-state index is 0.334. The molecule has 0 spiro atoms. The topological polar surface area (TPSA) is 18.5 Å². The lowest BCUT2D eigenvalue weighted by Crippen LogP contribution is -2.38. The van der Waals surface area contributed by atoms with Crippen molar-refractivity contribution >= 4 is 0 Å². The van der Waals surface area contributed by atoms with E-state index < -0.39 is 0 Å². The molecule has 21 heavy (non-hydrogen) atoms. The Kier molecular flexibility index (Phi) is 12.4. The Balaban J connectivity index is 4.68. The van der Waals surface area contributed by atoms with Crippen molar-refractivity contribution in [3.63, 3.8) is 0 Å². The number of ether oxygens (including phenoxy) is 2. The highest BCUT2D eigenvalue weighted by molar-refractivity contribution is 4.72. The van der Waals surface area contributed by atoms with Crippen LogP contribution in [0.15, 0.2) is 0 Å². The van der Waals surface area contributed by atoms with E-state index in [-0.39, 0.29) is 5.79 Å². The fourth-order valence-corrected chi connectivity index (χ4v) is 2.38. The summed E-state index contributed by atoms with van der Waals surface area (Å²) in [6, 6.07) is 0. The van der Waals surface area contributed by atoms with E-state index in [1.807, 2.05) is 0 Å². The van der Waals surface area contributed by atoms with Crippen LogP contribution >= 0.6 is 0 Å². The van der Waals surface area contributed by atoms with Crippen LogP contribution in [0.3, 0.4) is 0 Å². The lowest BCUT2D eigenvalue weighted by atomic mass is 10.00. The van der Waals surface area contributed by atoms with E-state index in [4.69, 9.17) is 9.47 Å². The molecule has 0 rings (SSSR count). The number of hydrogen-bond acceptors (Lipinski definition) is 2. The molecule has 0 aromatic heterocycles. The standard InChI is InChI=1S/C19H40O2/c1-7-9-11-13-19(14-12-10-8-2,20-15-17(3)4)21-16-18(5)6/h17-18H,7-16H2,1-6H3. The van der Waals surface area contributed by atoms with Crippen LogP contribution < -0.4 is 0 Å². The van der Waals surface area contributed by atoms with E-state index >= 15 is 0 Å². The molecule has 128 valence electrons. The van der Waals surface area contributed by atoms with Crippen molar-refractivity contribution in [1.82, 2.24) is 0 Å². The highest BCUT2D eigenvalue weighted by Gasteiger charge is 2.31. The zero-order chi connectivity index (χ0) is 16.1. The lowest BCUT2D eigenvalue weighted by molar-refractivity contribution is -0.254. The van der Waals surface area contributed by atoms with Crippen molar-refractivity contribution in [3.8, 4) is 0 Å². The summed E-state index contributed by atoms with van der Waals surface area (Å²) in [5.74, 6) is 0.785. The van der Waals surface area contributed by atoms with Gasteiger partial charge < -0.3 is 9.47 Å². The molecule has 0 aliphatic carbocycles. The Morgan fingerprint density at radius 1 is 0.667 bits per heavy atom. The Bertz CT molecular complexity index is 200. The second-order valence-electron chi connectivity index (χ2n) is 7.23. The van der Waals surface area contributed by atoms with Crippen molar-refractivity contribution in [2.75, 3.05) is 13.2 Å². The van der Waals surface area contributed by atoms with Gasteiger partial charge in [0.15, 0.2) is 5.79 Å². The van der Waals surface area contributed by atoms with Gasteiger partial charge in [0, 0.05) is 12.8 Å². The van der Waals surface area contributed by atoms with Crippen LogP contribution in [-0.4, -0.2) is 19.0 Å². The summed E-state index contributed by atoms with van der Waals surface area (Å²) in [7, 11) is 0. The van der Waals surface area contributed by atoms with Gasteiger partial charge in [0.05, 0.1) is 13.2 Å². The molecule has 2 heteroatoms. The monoisotopic (exact) mass is 300 g/mol. The first kappa shape index (κ1) is 20.9. The molecule has 0 fully saturated rings. The second-order valence-corrected chi connectivity index (χ2v) is 7.23. The maximum absolute atomic E-state index is 6.31. The molecule has 0 saturated carbocycles. The van der Waals surface area contributed by atoms with Gasteiger partial charge in [-0.1, -0.05) is 67.2 Å². The Morgan fingerprint density at radius 3 is 1.33 bits per heavy atom. The Labute approximate surface area is 134 Å². The van der Waals surface area contributed by atoms with E-state index in [2.05, 4.69) is 41.5 Å². The molecule has 0 saturated heterocycles. The summed E-state index contributed by atoms with van der Waals surface area (Å²) in [5.41, 5.74) is 0. The molecular weight excluding hydrogens is 260 g/mol. The fourth-order valence-electron chi connectivity index (χ4n) is 2.38. The molecule has 0 aliphatic heterocycles. The van der Waals surface area contributed by atoms with Crippen molar-refractivity contribution in [3.05, 3.63) is 0 Å².